The molecule has 0 spiro atoms. The first kappa shape index (κ1) is 20.2. The van der Waals surface area contributed by atoms with E-state index >= 15 is 0 Å². The summed E-state index contributed by atoms with van der Waals surface area (Å²) in [6.07, 6.45) is 1.19. The topological polar surface area (TPSA) is 75.4 Å². The predicted molar refractivity (Wildman–Crippen MR) is 87.3 cm³/mol. The third-order valence-corrected chi connectivity index (χ3v) is 3.97. The van der Waals surface area contributed by atoms with Gasteiger partial charge in [-0.2, -0.15) is 0 Å². The number of carbonyl (C=O) groups excluding carboxylic acids is 2. The highest BCUT2D eigenvalue weighted by Gasteiger charge is 2.35. The smallest absolute Gasteiger partial charge is 0.225 e. The van der Waals surface area contributed by atoms with Gasteiger partial charge in [0.05, 0.1) is 0 Å². The average Bonchev–Trinajstić information content (AvgIpc) is 2.31. The molecular formula is C15H30ClN3O2. The summed E-state index contributed by atoms with van der Waals surface area (Å²) in [5.41, 5.74) is 5.61. The highest BCUT2D eigenvalue weighted by Crippen LogP contribution is 2.27. The summed E-state index contributed by atoms with van der Waals surface area (Å²) in [6, 6.07) is 0.146. The van der Waals surface area contributed by atoms with Crippen molar-refractivity contribution in [1.29, 1.82) is 0 Å². The van der Waals surface area contributed by atoms with Crippen molar-refractivity contribution in [3.8, 4) is 0 Å². The van der Waals surface area contributed by atoms with E-state index in [0.29, 0.717) is 19.5 Å². The van der Waals surface area contributed by atoms with E-state index in [4.69, 9.17) is 5.73 Å². The van der Waals surface area contributed by atoms with E-state index in [2.05, 4.69) is 19.2 Å². The monoisotopic (exact) mass is 319 g/mol. The number of nitrogens with two attached hydrogens (primary N) is 1. The van der Waals surface area contributed by atoms with E-state index in [9.17, 15) is 9.59 Å². The standard InChI is InChI=1S/C15H29N3O2.ClH/c1-14(2,3)13(20)17-8-6-12(19)18-9-7-11(16)15(4,5)10-18;/h11H,6-10,16H2,1-5H3,(H,17,20);1H. The molecule has 1 atom stereocenters. The molecular weight excluding hydrogens is 290 g/mol. The molecule has 2 amide bonds. The molecule has 0 radical (unpaired) electrons. The van der Waals surface area contributed by atoms with Crippen LogP contribution in [0.5, 0.6) is 0 Å². The van der Waals surface area contributed by atoms with Crippen molar-refractivity contribution in [3.63, 3.8) is 0 Å². The number of hydrogen-bond acceptors (Lipinski definition) is 3. The van der Waals surface area contributed by atoms with Crippen LogP contribution in [0, 0.1) is 10.8 Å². The van der Waals surface area contributed by atoms with E-state index < -0.39 is 5.41 Å². The van der Waals surface area contributed by atoms with E-state index in [1.54, 1.807) is 0 Å². The summed E-state index contributed by atoms with van der Waals surface area (Å²) < 4.78 is 0. The Balaban J connectivity index is 0.00000400. The fraction of sp³-hybridized carbons (Fsp3) is 0.867. The molecule has 0 saturated carbocycles. The Labute approximate surface area is 134 Å². The fourth-order valence-electron chi connectivity index (χ4n) is 2.29. The zero-order valence-corrected chi connectivity index (χ0v) is 14.7. The zero-order chi connectivity index (χ0) is 15.6. The summed E-state index contributed by atoms with van der Waals surface area (Å²) in [5, 5.41) is 2.81. The highest BCUT2D eigenvalue weighted by molar-refractivity contribution is 5.85. The van der Waals surface area contributed by atoms with Gasteiger partial charge >= 0.3 is 0 Å². The van der Waals surface area contributed by atoms with Crippen LogP contribution in [0.3, 0.4) is 0 Å². The molecule has 3 N–H and O–H groups in total. The maximum Gasteiger partial charge on any atom is 0.225 e. The number of hydrogen-bond donors (Lipinski definition) is 2. The normalized spacial score (nSPS) is 21.4. The average molecular weight is 320 g/mol. The Morgan fingerprint density at radius 1 is 1.33 bits per heavy atom. The molecule has 21 heavy (non-hydrogen) atoms. The summed E-state index contributed by atoms with van der Waals surface area (Å²) >= 11 is 0. The Morgan fingerprint density at radius 2 is 1.90 bits per heavy atom. The minimum Gasteiger partial charge on any atom is -0.355 e. The number of halogens is 1. The number of carbonyl (C=O) groups is 2. The molecule has 1 aliphatic heterocycles. The van der Waals surface area contributed by atoms with Crippen LogP contribution in [0.4, 0.5) is 0 Å². The molecule has 6 heteroatoms. The molecule has 1 unspecified atom stereocenters. The Morgan fingerprint density at radius 3 is 2.38 bits per heavy atom. The predicted octanol–water partition coefficient (Wildman–Crippen LogP) is 1.55. The molecule has 0 aliphatic carbocycles. The molecule has 124 valence electrons. The Kier molecular flexibility index (Phi) is 7.16. The minimum absolute atomic E-state index is 0. The van der Waals surface area contributed by atoms with E-state index in [-0.39, 0.29) is 35.7 Å². The van der Waals surface area contributed by atoms with Crippen LogP contribution in [0.15, 0.2) is 0 Å². The molecule has 0 bridgehead atoms. The van der Waals surface area contributed by atoms with Crippen LogP contribution in [-0.4, -0.2) is 42.4 Å². The van der Waals surface area contributed by atoms with Gasteiger partial charge in [-0.1, -0.05) is 34.6 Å². The number of rotatable bonds is 3. The van der Waals surface area contributed by atoms with Gasteiger partial charge in [-0.15, -0.1) is 12.4 Å². The van der Waals surface area contributed by atoms with Crippen molar-refractivity contribution in [2.75, 3.05) is 19.6 Å². The van der Waals surface area contributed by atoms with Crippen LogP contribution in [0.25, 0.3) is 0 Å². The summed E-state index contributed by atoms with van der Waals surface area (Å²) in [5.74, 6) is 0.0745. The second-order valence-electron chi connectivity index (χ2n) is 7.45. The van der Waals surface area contributed by atoms with Gasteiger partial charge in [-0.25, -0.2) is 0 Å². The number of likely N-dealkylation sites (tertiary alicyclic amines) is 1. The molecule has 1 aliphatic rings. The van der Waals surface area contributed by atoms with Gasteiger partial charge in [-0.05, 0) is 11.8 Å². The quantitative estimate of drug-likeness (QED) is 0.828. The number of amides is 2. The van der Waals surface area contributed by atoms with Crippen molar-refractivity contribution in [1.82, 2.24) is 10.2 Å². The molecule has 1 fully saturated rings. The molecule has 0 aromatic heterocycles. The first-order valence-electron chi connectivity index (χ1n) is 7.36. The summed E-state index contributed by atoms with van der Waals surface area (Å²) in [6.45, 7) is 11.6. The third kappa shape index (κ3) is 5.83. The Hall–Kier alpha value is -0.810. The van der Waals surface area contributed by atoms with Crippen molar-refractivity contribution >= 4 is 24.2 Å². The van der Waals surface area contributed by atoms with Crippen molar-refractivity contribution in [3.05, 3.63) is 0 Å². The molecule has 1 rings (SSSR count). The second kappa shape index (κ2) is 7.45. The van der Waals surface area contributed by atoms with Crippen LogP contribution in [-0.2, 0) is 9.59 Å². The van der Waals surface area contributed by atoms with Crippen molar-refractivity contribution in [2.45, 2.75) is 53.5 Å². The molecule has 1 saturated heterocycles. The van der Waals surface area contributed by atoms with E-state index in [1.165, 1.54) is 0 Å². The van der Waals surface area contributed by atoms with Gasteiger partial charge in [0, 0.05) is 37.5 Å². The molecule has 0 aromatic rings. The lowest BCUT2D eigenvalue weighted by atomic mass is 9.79. The first-order chi connectivity index (χ1) is 9.04. The van der Waals surface area contributed by atoms with Gasteiger partial charge in [0.25, 0.3) is 0 Å². The van der Waals surface area contributed by atoms with E-state index in [1.807, 2.05) is 25.7 Å². The van der Waals surface area contributed by atoms with Gasteiger partial charge in [0.15, 0.2) is 0 Å². The van der Waals surface area contributed by atoms with Crippen LogP contribution in [0.1, 0.15) is 47.5 Å². The van der Waals surface area contributed by atoms with Crippen molar-refractivity contribution in [2.24, 2.45) is 16.6 Å². The number of nitrogens with zero attached hydrogens (tertiary/aromatic N) is 1. The number of nitrogens with one attached hydrogen (secondary N) is 1. The van der Waals surface area contributed by atoms with E-state index in [0.717, 1.165) is 13.0 Å². The van der Waals surface area contributed by atoms with Crippen LogP contribution >= 0.6 is 12.4 Å². The molecule has 5 nitrogen and oxygen atoms in total. The molecule has 1 heterocycles. The fourth-order valence-corrected chi connectivity index (χ4v) is 2.29. The maximum absolute atomic E-state index is 12.2. The number of piperidine rings is 1. The highest BCUT2D eigenvalue weighted by atomic mass is 35.5. The summed E-state index contributed by atoms with van der Waals surface area (Å²) in [4.78, 5) is 25.7. The Bertz CT molecular complexity index is 378. The van der Waals surface area contributed by atoms with Crippen LogP contribution in [0.2, 0.25) is 0 Å². The first-order valence-corrected chi connectivity index (χ1v) is 7.36. The third-order valence-electron chi connectivity index (χ3n) is 3.97. The second-order valence-corrected chi connectivity index (χ2v) is 7.45. The lowest BCUT2D eigenvalue weighted by Crippen LogP contribution is -2.54. The lowest BCUT2D eigenvalue weighted by molar-refractivity contribution is -0.134. The van der Waals surface area contributed by atoms with Crippen molar-refractivity contribution < 1.29 is 9.59 Å². The maximum atomic E-state index is 12.2. The largest absolute Gasteiger partial charge is 0.355 e. The minimum atomic E-state index is -0.414. The zero-order valence-electron chi connectivity index (χ0n) is 13.9. The van der Waals surface area contributed by atoms with Crippen LogP contribution < -0.4 is 11.1 Å². The van der Waals surface area contributed by atoms with Gasteiger partial charge in [0.2, 0.25) is 11.8 Å². The molecule has 0 aromatic carbocycles. The van der Waals surface area contributed by atoms with Gasteiger partial charge < -0.3 is 16.0 Å². The lowest BCUT2D eigenvalue weighted by Gasteiger charge is -2.42. The summed E-state index contributed by atoms with van der Waals surface area (Å²) in [7, 11) is 0. The van der Waals surface area contributed by atoms with Gasteiger partial charge in [0.1, 0.15) is 0 Å². The van der Waals surface area contributed by atoms with Gasteiger partial charge in [-0.3, -0.25) is 9.59 Å². The SMILES string of the molecule is CC(C)(C)C(=O)NCCC(=O)N1CCC(N)C(C)(C)C1.Cl.